The Kier molecular flexibility index (Phi) is 3.74. The first-order chi connectivity index (χ1) is 6.98. The highest BCUT2D eigenvalue weighted by molar-refractivity contribution is 7.92. The zero-order chi connectivity index (χ0) is 11.5. The summed E-state index contributed by atoms with van der Waals surface area (Å²) >= 11 is 0. The van der Waals surface area contributed by atoms with E-state index in [1.807, 2.05) is 6.92 Å². The molecule has 0 fully saturated rings. The largest absolute Gasteiger partial charge is 0.399 e. The number of benzene rings is 1. The van der Waals surface area contributed by atoms with Gasteiger partial charge < -0.3 is 5.73 Å². The summed E-state index contributed by atoms with van der Waals surface area (Å²) < 4.78 is 24.0. The molecule has 2 N–H and O–H groups in total. The smallest absolute Gasteiger partial charge is 0.180 e. The monoisotopic (exact) mass is 227 g/mol. The summed E-state index contributed by atoms with van der Waals surface area (Å²) in [6.45, 7) is 3.73. The van der Waals surface area contributed by atoms with Crippen molar-refractivity contribution in [3.63, 3.8) is 0 Å². The molecule has 0 radical (unpaired) electrons. The molecule has 0 amide bonds. The Balaban J connectivity index is 3.01. The normalized spacial score (nSPS) is 13.7. The van der Waals surface area contributed by atoms with Crippen molar-refractivity contribution in [2.45, 2.75) is 36.8 Å². The summed E-state index contributed by atoms with van der Waals surface area (Å²) in [5.41, 5.74) is 6.09. The second kappa shape index (κ2) is 4.66. The minimum Gasteiger partial charge on any atom is -0.399 e. The fourth-order valence-corrected chi connectivity index (χ4v) is 2.98. The van der Waals surface area contributed by atoms with Gasteiger partial charge in [-0.05, 0) is 37.6 Å². The van der Waals surface area contributed by atoms with E-state index in [1.165, 1.54) is 0 Å². The van der Waals surface area contributed by atoms with Gasteiger partial charge in [-0.15, -0.1) is 0 Å². The number of rotatable bonds is 4. The average Bonchev–Trinajstić information content (AvgIpc) is 2.18. The third kappa shape index (κ3) is 2.72. The molecule has 0 bridgehead atoms. The van der Waals surface area contributed by atoms with E-state index in [0.29, 0.717) is 17.0 Å². The summed E-state index contributed by atoms with van der Waals surface area (Å²) in [5.74, 6) is 0. The molecule has 1 aromatic carbocycles. The molecule has 0 spiro atoms. The molecule has 0 saturated carbocycles. The van der Waals surface area contributed by atoms with Gasteiger partial charge in [-0.25, -0.2) is 8.42 Å². The topological polar surface area (TPSA) is 60.2 Å². The summed E-state index contributed by atoms with van der Waals surface area (Å²) in [7, 11) is -3.17. The first-order valence-corrected chi connectivity index (χ1v) is 6.62. The number of hydrogen-bond acceptors (Lipinski definition) is 3. The number of nitrogen functional groups attached to an aromatic ring is 1. The molecule has 1 atom stereocenters. The molecule has 0 aliphatic rings. The Bertz CT molecular complexity index is 409. The van der Waals surface area contributed by atoms with E-state index >= 15 is 0 Å². The number of anilines is 1. The first-order valence-electron chi connectivity index (χ1n) is 5.08. The van der Waals surface area contributed by atoms with E-state index in [0.717, 1.165) is 6.42 Å². The van der Waals surface area contributed by atoms with Crippen molar-refractivity contribution in [2.24, 2.45) is 0 Å². The van der Waals surface area contributed by atoms with Crippen LogP contribution in [0.25, 0.3) is 0 Å². The van der Waals surface area contributed by atoms with Gasteiger partial charge in [-0.2, -0.15) is 0 Å². The Labute approximate surface area is 91.2 Å². The molecule has 0 saturated heterocycles. The number of hydrogen-bond donors (Lipinski definition) is 1. The van der Waals surface area contributed by atoms with Crippen LogP contribution in [-0.4, -0.2) is 13.7 Å². The lowest BCUT2D eigenvalue weighted by molar-refractivity contribution is 0.576. The molecule has 4 heteroatoms. The van der Waals surface area contributed by atoms with Crippen molar-refractivity contribution in [3.8, 4) is 0 Å². The van der Waals surface area contributed by atoms with Gasteiger partial charge in [0.1, 0.15) is 0 Å². The van der Waals surface area contributed by atoms with Crippen LogP contribution < -0.4 is 5.73 Å². The maximum absolute atomic E-state index is 12.0. The molecule has 0 aliphatic carbocycles. The minimum atomic E-state index is -3.17. The Hall–Kier alpha value is -1.03. The fourth-order valence-electron chi connectivity index (χ4n) is 1.45. The van der Waals surface area contributed by atoms with Gasteiger partial charge in [0.05, 0.1) is 10.1 Å². The van der Waals surface area contributed by atoms with Crippen LogP contribution in [-0.2, 0) is 9.84 Å². The molecule has 1 rings (SSSR count). The minimum absolute atomic E-state index is 0.328. The third-order valence-corrected chi connectivity index (χ3v) is 4.66. The zero-order valence-electron chi connectivity index (χ0n) is 9.10. The van der Waals surface area contributed by atoms with Crippen molar-refractivity contribution in [1.29, 1.82) is 0 Å². The van der Waals surface area contributed by atoms with E-state index in [9.17, 15) is 8.42 Å². The molecule has 0 heterocycles. The predicted octanol–water partition coefficient (Wildman–Crippen LogP) is 2.23. The molecule has 3 nitrogen and oxygen atoms in total. The lowest BCUT2D eigenvalue weighted by Gasteiger charge is -2.11. The Morgan fingerprint density at radius 1 is 1.27 bits per heavy atom. The zero-order valence-corrected chi connectivity index (χ0v) is 9.92. The highest BCUT2D eigenvalue weighted by Gasteiger charge is 2.21. The van der Waals surface area contributed by atoms with Crippen LogP contribution in [0.1, 0.15) is 26.7 Å². The summed E-state index contributed by atoms with van der Waals surface area (Å²) in [6.07, 6.45) is 1.56. The molecule has 84 valence electrons. The maximum Gasteiger partial charge on any atom is 0.180 e. The fraction of sp³-hybridized carbons (Fsp3) is 0.455. The van der Waals surface area contributed by atoms with Gasteiger partial charge in [-0.1, -0.05) is 13.3 Å². The predicted molar refractivity (Wildman–Crippen MR) is 62.4 cm³/mol. The maximum atomic E-state index is 12.0. The van der Waals surface area contributed by atoms with Gasteiger partial charge in [0, 0.05) is 5.69 Å². The Morgan fingerprint density at radius 2 is 1.80 bits per heavy atom. The van der Waals surface area contributed by atoms with Crippen LogP contribution in [0.15, 0.2) is 29.2 Å². The van der Waals surface area contributed by atoms with Gasteiger partial charge in [-0.3, -0.25) is 0 Å². The molecule has 0 aromatic heterocycles. The third-order valence-electron chi connectivity index (χ3n) is 2.43. The summed E-state index contributed by atoms with van der Waals surface area (Å²) in [4.78, 5) is 0.359. The van der Waals surface area contributed by atoms with Crippen LogP contribution >= 0.6 is 0 Å². The molecule has 15 heavy (non-hydrogen) atoms. The lowest BCUT2D eigenvalue weighted by Crippen LogP contribution is -2.17. The van der Waals surface area contributed by atoms with Crippen molar-refractivity contribution in [3.05, 3.63) is 24.3 Å². The van der Waals surface area contributed by atoms with Crippen molar-refractivity contribution in [1.82, 2.24) is 0 Å². The van der Waals surface area contributed by atoms with Gasteiger partial charge >= 0.3 is 0 Å². The molecular weight excluding hydrogens is 210 g/mol. The van der Waals surface area contributed by atoms with Crippen molar-refractivity contribution < 1.29 is 8.42 Å². The first kappa shape index (κ1) is 12.0. The quantitative estimate of drug-likeness (QED) is 0.802. The second-order valence-electron chi connectivity index (χ2n) is 3.71. The SMILES string of the molecule is CCCC(C)S(=O)(=O)c1ccc(N)cc1. The van der Waals surface area contributed by atoms with Crippen LogP contribution in [0.5, 0.6) is 0 Å². The van der Waals surface area contributed by atoms with E-state index in [-0.39, 0.29) is 5.25 Å². The molecule has 1 unspecified atom stereocenters. The van der Waals surface area contributed by atoms with Crippen molar-refractivity contribution >= 4 is 15.5 Å². The summed E-state index contributed by atoms with van der Waals surface area (Å²) in [6, 6.07) is 6.37. The van der Waals surface area contributed by atoms with Gasteiger partial charge in [0.2, 0.25) is 0 Å². The van der Waals surface area contributed by atoms with E-state index in [2.05, 4.69) is 0 Å². The number of sulfone groups is 1. The van der Waals surface area contributed by atoms with Crippen LogP contribution in [0.2, 0.25) is 0 Å². The molecular formula is C11H17NO2S. The van der Waals surface area contributed by atoms with Crippen LogP contribution in [0.3, 0.4) is 0 Å². The second-order valence-corrected chi connectivity index (χ2v) is 6.08. The number of nitrogens with two attached hydrogens (primary N) is 1. The average molecular weight is 227 g/mol. The van der Waals surface area contributed by atoms with Crippen LogP contribution in [0.4, 0.5) is 5.69 Å². The van der Waals surface area contributed by atoms with E-state index in [4.69, 9.17) is 5.73 Å². The highest BCUT2D eigenvalue weighted by atomic mass is 32.2. The van der Waals surface area contributed by atoms with Gasteiger partial charge in [0.25, 0.3) is 0 Å². The Morgan fingerprint density at radius 3 is 2.27 bits per heavy atom. The highest BCUT2D eigenvalue weighted by Crippen LogP contribution is 2.19. The van der Waals surface area contributed by atoms with Crippen LogP contribution in [0, 0.1) is 0 Å². The van der Waals surface area contributed by atoms with E-state index in [1.54, 1.807) is 31.2 Å². The lowest BCUT2D eigenvalue weighted by atomic mass is 10.3. The van der Waals surface area contributed by atoms with Gasteiger partial charge in [0.15, 0.2) is 9.84 Å². The summed E-state index contributed by atoms with van der Waals surface area (Å²) in [5, 5.41) is -0.328. The standard InChI is InChI=1S/C11H17NO2S/c1-3-4-9(2)15(13,14)11-7-5-10(12)6-8-11/h5-9H,3-4,12H2,1-2H3. The molecule has 0 aliphatic heterocycles. The molecule has 1 aromatic rings. The van der Waals surface area contributed by atoms with Crippen molar-refractivity contribution in [2.75, 3.05) is 5.73 Å². The van der Waals surface area contributed by atoms with E-state index < -0.39 is 9.84 Å².